The largest absolute Gasteiger partial charge is 0.493 e. The number of aliphatic hydroxyl groups is 2. The Morgan fingerprint density at radius 3 is 2.48 bits per heavy atom. The summed E-state index contributed by atoms with van der Waals surface area (Å²) in [6.45, 7) is 0.173. The van der Waals surface area contributed by atoms with Crippen LogP contribution in [-0.2, 0) is 6.42 Å². The van der Waals surface area contributed by atoms with Gasteiger partial charge >= 0.3 is 0 Å². The summed E-state index contributed by atoms with van der Waals surface area (Å²) in [6, 6.07) is 3.40. The van der Waals surface area contributed by atoms with E-state index in [9.17, 15) is 15.0 Å². The van der Waals surface area contributed by atoms with Crippen molar-refractivity contribution in [3.8, 4) is 11.5 Å². The number of carbonyl (C=O) groups is 1. The Labute approximate surface area is 139 Å². The topological polar surface area (TPSA) is 105 Å². The lowest BCUT2D eigenvalue weighted by Gasteiger charge is -2.39. The first kappa shape index (κ1) is 17.9. The number of rotatable bonds is 6. The number of nitrogens with zero attached hydrogens (tertiary/aromatic N) is 1. The van der Waals surface area contributed by atoms with E-state index in [1.54, 1.807) is 14.2 Å². The van der Waals surface area contributed by atoms with Gasteiger partial charge in [-0.1, -0.05) is 0 Å². The number of primary amides is 1. The minimum atomic E-state index is -0.520. The second-order valence-corrected chi connectivity index (χ2v) is 6.33. The summed E-state index contributed by atoms with van der Waals surface area (Å²) in [5.74, 6) is 0.765. The summed E-state index contributed by atoms with van der Waals surface area (Å²) in [7, 11) is 3.12. The Balaban J connectivity index is 2.50. The van der Waals surface area contributed by atoms with Gasteiger partial charge in [-0.05, 0) is 29.7 Å². The molecule has 1 amide bonds. The molecule has 7 nitrogen and oxygen atoms in total. The molecule has 0 fully saturated rings. The van der Waals surface area contributed by atoms with E-state index in [0.717, 1.165) is 23.1 Å². The van der Waals surface area contributed by atoms with Crippen LogP contribution in [0.4, 0.5) is 4.79 Å². The number of ether oxygens (including phenoxy) is 2. The van der Waals surface area contributed by atoms with Crippen molar-refractivity contribution in [1.82, 2.24) is 4.31 Å². The highest BCUT2D eigenvalue weighted by molar-refractivity contribution is 8.11. The Hall–Kier alpha value is -1.48. The normalized spacial score (nSPS) is 17.9. The van der Waals surface area contributed by atoms with Crippen molar-refractivity contribution in [2.24, 2.45) is 11.7 Å². The third-order valence-corrected chi connectivity index (χ3v) is 4.82. The van der Waals surface area contributed by atoms with E-state index >= 15 is 0 Å². The van der Waals surface area contributed by atoms with Crippen LogP contribution in [0.1, 0.15) is 17.2 Å². The molecular weight excluding hydrogens is 320 g/mol. The van der Waals surface area contributed by atoms with E-state index in [0.29, 0.717) is 24.5 Å². The first-order chi connectivity index (χ1) is 11.0. The van der Waals surface area contributed by atoms with E-state index in [4.69, 9.17) is 15.2 Å². The molecule has 1 aromatic carbocycles. The van der Waals surface area contributed by atoms with Crippen molar-refractivity contribution in [1.29, 1.82) is 0 Å². The molecule has 1 aliphatic heterocycles. The highest BCUT2D eigenvalue weighted by atomic mass is 32.2. The van der Waals surface area contributed by atoms with Crippen molar-refractivity contribution in [3.63, 3.8) is 0 Å². The molecule has 0 spiro atoms. The number of amides is 1. The van der Waals surface area contributed by atoms with Crippen molar-refractivity contribution >= 4 is 17.2 Å². The molecule has 1 heterocycles. The fourth-order valence-electron chi connectivity index (χ4n) is 2.92. The molecule has 1 aliphatic rings. The van der Waals surface area contributed by atoms with Crippen molar-refractivity contribution in [2.75, 3.05) is 34.0 Å². The van der Waals surface area contributed by atoms with Gasteiger partial charge in [0, 0.05) is 37.6 Å². The van der Waals surface area contributed by atoms with Gasteiger partial charge in [0.25, 0.3) is 5.24 Å². The first-order valence-electron chi connectivity index (χ1n) is 7.26. The lowest BCUT2D eigenvalue weighted by atomic mass is 9.86. The predicted molar refractivity (Wildman–Crippen MR) is 87.5 cm³/mol. The van der Waals surface area contributed by atoms with Crippen LogP contribution in [0.15, 0.2) is 12.1 Å². The fraction of sp³-hybridized carbons (Fsp3) is 0.533. The van der Waals surface area contributed by atoms with E-state index in [1.165, 1.54) is 0 Å². The van der Waals surface area contributed by atoms with Gasteiger partial charge < -0.3 is 25.4 Å². The average molecular weight is 342 g/mol. The quantitative estimate of drug-likeness (QED) is 0.661. The zero-order chi connectivity index (χ0) is 17.0. The van der Waals surface area contributed by atoms with Crippen LogP contribution in [0.5, 0.6) is 11.5 Å². The molecule has 0 aromatic heterocycles. The van der Waals surface area contributed by atoms with E-state index in [1.807, 2.05) is 16.4 Å². The SMILES string of the molecule is COc1cc2c(cc1OC)C(C(CO)CO)N(SC(N)=O)CC2. The van der Waals surface area contributed by atoms with Crippen LogP contribution in [0, 0.1) is 5.92 Å². The van der Waals surface area contributed by atoms with Gasteiger partial charge in [0.1, 0.15) is 0 Å². The van der Waals surface area contributed by atoms with Crippen molar-refractivity contribution in [2.45, 2.75) is 12.5 Å². The second kappa shape index (κ2) is 7.87. The summed E-state index contributed by atoms with van der Waals surface area (Å²) in [5, 5.41) is 18.7. The van der Waals surface area contributed by atoms with Gasteiger partial charge in [0.2, 0.25) is 0 Å². The van der Waals surface area contributed by atoms with Crippen LogP contribution in [0.2, 0.25) is 0 Å². The standard InChI is InChI=1S/C15H22N2O5S/c1-21-12-5-9-3-4-17(23-15(16)20)14(10(7-18)8-19)11(9)6-13(12)22-2/h5-6,10,14,18-19H,3-4,7-8H2,1-2H3,(H2,16,20). The second-order valence-electron chi connectivity index (χ2n) is 5.28. The minimum absolute atomic E-state index is 0.204. The highest BCUT2D eigenvalue weighted by Gasteiger charge is 2.35. The highest BCUT2D eigenvalue weighted by Crippen LogP contribution is 2.43. The molecule has 8 heteroatoms. The van der Waals surface area contributed by atoms with Crippen molar-refractivity contribution in [3.05, 3.63) is 23.3 Å². The smallest absolute Gasteiger partial charge is 0.291 e. The summed E-state index contributed by atoms with van der Waals surface area (Å²) >= 11 is 0.907. The van der Waals surface area contributed by atoms with Gasteiger partial charge in [-0.25, -0.2) is 4.31 Å². The van der Waals surface area contributed by atoms with Gasteiger partial charge in [0.15, 0.2) is 11.5 Å². The molecule has 0 bridgehead atoms. The Morgan fingerprint density at radius 1 is 1.35 bits per heavy atom. The monoisotopic (exact) mass is 342 g/mol. The minimum Gasteiger partial charge on any atom is -0.493 e. The zero-order valence-corrected chi connectivity index (χ0v) is 14.0. The van der Waals surface area contributed by atoms with Crippen molar-refractivity contribution < 1.29 is 24.5 Å². The number of nitrogens with two attached hydrogens (primary N) is 1. The third kappa shape index (κ3) is 3.72. The maximum Gasteiger partial charge on any atom is 0.291 e. The fourth-order valence-corrected chi connectivity index (χ4v) is 3.73. The van der Waals surface area contributed by atoms with Crippen LogP contribution in [0.25, 0.3) is 0 Å². The Kier molecular flexibility index (Phi) is 6.11. The number of methoxy groups -OCH3 is 2. The number of hydrogen-bond donors (Lipinski definition) is 3. The number of carbonyl (C=O) groups excluding carboxylic acids is 1. The molecule has 2 rings (SSSR count). The molecule has 23 heavy (non-hydrogen) atoms. The summed E-state index contributed by atoms with van der Waals surface area (Å²) < 4.78 is 12.5. The molecule has 0 saturated carbocycles. The molecule has 1 unspecified atom stereocenters. The number of hydrogen-bond acceptors (Lipinski definition) is 7. The van der Waals surface area contributed by atoms with Crippen LogP contribution < -0.4 is 15.2 Å². The van der Waals surface area contributed by atoms with Gasteiger partial charge in [-0.3, -0.25) is 4.79 Å². The van der Waals surface area contributed by atoms with E-state index in [2.05, 4.69) is 0 Å². The third-order valence-electron chi connectivity index (χ3n) is 4.00. The van der Waals surface area contributed by atoms with Gasteiger partial charge in [0.05, 0.1) is 20.3 Å². The first-order valence-corrected chi connectivity index (χ1v) is 8.03. The molecule has 0 saturated heterocycles. The summed E-state index contributed by atoms with van der Waals surface area (Å²) in [5.41, 5.74) is 7.24. The van der Waals surface area contributed by atoms with Crippen LogP contribution >= 0.6 is 11.9 Å². The van der Waals surface area contributed by atoms with Gasteiger partial charge in [-0.15, -0.1) is 0 Å². The molecule has 0 radical (unpaired) electrons. The lowest BCUT2D eigenvalue weighted by Crippen LogP contribution is -2.39. The summed E-state index contributed by atoms with van der Waals surface area (Å²) in [4.78, 5) is 11.3. The predicted octanol–water partition coefficient (Wildman–Crippen LogP) is 0.931. The van der Waals surface area contributed by atoms with Crippen LogP contribution in [0.3, 0.4) is 0 Å². The number of fused-ring (bicyclic) bond motifs is 1. The maximum atomic E-state index is 11.3. The lowest BCUT2D eigenvalue weighted by molar-refractivity contribution is 0.0917. The molecular formula is C15H22N2O5S. The number of benzene rings is 1. The molecule has 1 aromatic rings. The van der Waals surface area contributed by atoms with Gasteiger partial charge in [-0.2, -0.15) is 0 Å². The maximum absolute atomic E-state index is 11.3. The average Bonchev–Trinajstić information content (AvgIpc) is 2.55. The molecule has 128 valence electrons. The number of aliphatic hydroxyl groups excluding tert-OH is 2. The Bertz CT molecular complexity index is 565. The van der Waals surface area contributed by atoms with E-state index in [-0.39, 0.29) is 19.3 Å². The Morgan fingerprint density at radius 2 is 1.96 bits per heavy atom. The van der Waals surface area contributed by atoms with Crippen LogP contribution in [-0.4, -0.2) is 53.7 Å². The van der Waals surface area contributed by atoms with E-state index < -0.39 is 11.2 Å². The molecule has 4 N–H and O–H groups in total. The molecule has 0 aliphatic carbocycles. The summed E-state index contributed by atoms with van der Waals surface area (Å²) in [6.07, 6.45) is 0.704. The zero-order valence-electron chi connectivity index (χ0n) is 13.2. The molecule has 1 atom stereocenters.